The van der Waals surface area contributed by atoms with E-state index in [1.807, 2.05) is 20.8 Å². The predicted molar refractivity (Wildman–Crippen MR) is 81.2 cm³/mol. The Hall–Kier alpha value is -2.30. The van der Waals surface area contributed by atoms with E-state index in [4.69, 9.17) is 5.11 Å². The number of carboxylic acid groups (broad SMARTS) is 1. The molecule has 5 heteroatoms. The van der Waals surface area contributed by atoms with Crippen LogP contribution < -0.4 is 5.32 Å². The number of rotatable bonds is 5. The van der Waals surface area contributed by atoms with Crippen LogP contribution in [0.25, 0.3) is 0 Å². The molecular formula is C15H22N2O3. The Morgan fingerprint density at radius 2 is 2.05 bits per heavy atom. The van der Waals surface area contributed by atoms with E-state index >= 15 is 0 Å². The van der Waals surface area contributed by atoms with Gasteiger partial charge in [0.15, 0.2) is 0 Å². The number of carbonyl (C=O) groups is 1. The molecule has 110 valence electrons. The van der Waals surface area contributed by atoms with Crippen molar-refractivity contribution >= 4 is 11.7 Å². The summed E-state index contributed by atoms with van der Waals surface area (Å²) in [5, 5.41) is 21.4. The molecule has 0 unspecified atom stereocenters. The molecule has 0 aliphatic rings. The number of nitrogens with zero attached hydrogens (tertiary/aromatic N) is 1. The number of anilines is 1. The molecule has 0 saturated carbocycles. The van der Waals surface area contributed by atoms with Crippen molar-refractivity contribution in [2.24, 2.45) is 0 Å². The van der Waals surface area contributed by atoms with Gasteiger partial charge in [-0.15, -0.1) is 0 Å². The van der Waals surface area contributed by atoms with Crippen molar-refractivity contribution < 1.29 is 15.0 Å². The zero-order chi connectivity index (χ0) is 15.5. The first-order valence-electron chi connectivity index (χ1n) is 6.48. The standard InChI is InChI=1S/C13H16N2O3.C2H6/c1-3-4-10(9(2)16)7-15-12-8-14-6-5-11(12)13(17)18;1-2/h3-6,8,15-16H,7H2,1-2H3,(H,17,18);1-2H3/b4-3-,10-9-;. The van der Waals surface area contributed by atoms with Gasteiger partial charge in [-0.2, -0.15) is 0 Å². The van der Waals surface area contributed by atoms with Gasteiger partial charge in [0.05, 0.1) is 23.2 Å². The van der Waals surface area contributed by atoms with E-state index in [0.717, 1.165) is 0 Å². The molecule has 0 aliphatic heterocycles. The van der Waals surface area contributed by atoms with Gasteiger partial charge in [0.25, 0.3) is 0 Å². The Labute approximate surface area is 119 Å². The minimum absolute atomic E-state index is 0.153. The average molecular weight is 278 g/mol. The molecule has 20 heavy (non-hydrogen) atoms. The lowest BCUT2D eigenvalue weighted by Crippen LogP contribution is -2.10. The second-order valence-corrected chi connectivity index (χ2v) is 3.69. The van der Waals surface area contributed by atoms with E-state index in [1.165, 1.54) is 18.5 Å². The summed E-state index contributed by atoms with van der Waals surface area (Å²) in [6, 6.07) is 1.43. The fraction of sp³-hybridized carbons (Fsp3) is 0.333. The first kappa shape index (κ1) is 17.7. The number of carboxylic acids is 1. The molecule has 0 amide bonds. The zero-order valence-electron chi connectivity index (χ0n) is 12.3. The topological polar surface area (TPSA) is 82.5 Å². The minimum Gasteiger partial charge on any atom is -0.512 e. The SMILES string of the molecule is C/C=C\C(CNc1cnccc1C(=O)O)=C(/C)O.CC. The number of aliphatic hydroxyl groups excluding tert-OH is 1. The molecule has 0 spiro atoms. The monoisotopic (exact) mass is 278 g/mol. The molecule has 0 fully saturated rings. The summed E-state index contributed by atoms with van der Waals surface area (Å²) >= 11 is 0. The van der Waals surface area contributed by atoms with Crippen molar-refractivity contribution in [1.82, 2.24) is 4.98 Å². The number of nitrogens with one attached hydrogen (secondary N) is 1. The van der Waals surface area contributed by atoms with Gasteiger partial charge in [0.1, 0.15) is 0 Å². The van der Waals surface area contributed by atoms with Gasteiger partial charge in [0.2, 0.25) is 0 Å². The molecule has 0 radical (unpaired) electrons. The lowest BCUT2D eigenvalue weighted by atomic mass is 10.2. The van der Waals surface area contributed by atoms with Gasteiger partial charge in [-0.25, -0.2) is 4.79 Å². The molecule has 3 N–H and O–H groups in total. The van der Waals surface area contributed by atoms with E-state index in [-0.39, 0.29) is 11.3 Å². The summed E-state index contributed by atoms with van der Waals surface area (Å²) in [6.45, 7) is 7.76. The summed E-state index contributed by atoms with van der Waals surface area (Å²) in [6.07, 6.45) is 6.44. The van der Waals surface area contributed by atoms with Crippen molar-refractivity contribution in [3.63, 3.8) is 0 Å². The fourth-order valence-electron chi connectivity index (χ4n) is 1.42. The van der Waals surface area contributed by atoms with Gasteiger partial charge in [0, 0.05) is 18.3 Å². The molecule has 1 aromatic heterocycles. The number of allylic oxidation sites excluding steroid dienone is 2. The summed E-state index contributed by atoms with van der Waals surface area (Å²) < 4.78 is 0. The van der Waals surface area contributed by atoms with Crippen LogP contribution in [-0.4, -0.2) is 27.7 Å². The maximum atomic E-state index is 11.0. The number of aromatic nitrogens is 1. The molecule has 1 rings (SSSR count). The molecule has 0 atom stereocenters. The van der Waals surface area contributed by atoms with Gasteiger partial charge in [-0.05, 0) is 19.9 Å². The van der Waals surface area contributed by atoms with E-state index in [9.17, 15) is 9.90 Å². The Balaban J connectivity index is 0.00000172. The summed E-state index contributed by atoms with van der Waals surface area (Å²) in [5.74, 6) is -0.821. The van der Waals surface area contributed by atoms with E-state index in [1.54, 1.807) is 19.1 Å². The Kier molecular flexibility index (Phi) is 8.50. The van der Waals surface area contributed by atoms with Crippen LogP contribution in [0.4, 0.5) is 5.69 Å². The first-order valence-corrected chi connectivity index (χ1v) is 6.48. The quantitative estimate of drug-likeness (QED) is 0.566. The molecule has 0 aromatic carbocycles. The summed E-state index contributed by atoms with van der Waals surface area (Å²) in [5.41, 5.74) is 1.27. The summed E-state index contributed by atoms with van der Waals surface area (Å²) in [4.78, 5) is 14.9. The molecule has 0 saturated heterocycles. The van der Waals surface area contributed by atoms with E-state index in [0.29, 0.717) is 17.8 Å². The highest BCUT2D eigenvalue weighted by Gasteiger charge is 2.09. The fourth-order valence-corrected chi connectivity index (χ4v) is 1.42. The van der Waals surface area contributed by atoms with Crippen LogP contribution in [0.5, 0.6) is 0 Å². The normalized spacial score (nSPS) is 11.4. The Morgan fingerprint density at radius 1 is 1.40 bits per heavy atom. The lowest BCUT2D eigenvalue weighted by molar-refractivity contribution is 0.0698. The van der Waals surface area contributed by atoms with Crippen LogP contribution >= 0.6 is 0 Å². The summed E-state index contributed by atoms with van der Waals surface area (Å²) in [7, 11) is 0. The predicted octanol–water partition coefficient (Wildman–Crippen LogP) is 3.63. The first-order chi connectivity index (χ1) is 9.56. The third-order valence-corrected chi connectivity index (χ3v) is 2.35. The number of hydrogen-bond donors (Lipinski definition) is 3. The lowest BCUT2D eigenvalue weighted by Gasteiger charge is -2.10. The van der Waals surface area contributed by atoms with Crippen LogP contribution in [0.3, 0.4) is 0 Å². The second-order valence-electron chi connectivity index (χ2n) is 3.69. The molecular weight excluding hydrogens is 256 g/mol. The van der Waals surface area contributed by atoms with Crippen LogP contribution in [0.2, 0.25) is 0 Å². The van der Waals surface area contributed by atoms with E-state index < -0.39 is 5.97 Å². The van der Waals surface area contributed by atoms with Crippen molar-refractivity contribution in [3.05, 3.63) is 47.5 Å². The highest BCUT2D eigenvalue weighted by molar-refractivity contribution is 5.93. The van der Waals surface area contributed by atoms with Crippen molar-refractivity contribution in [3.8, 4) is 0 Å². The maximum absolute atomic E-state index is 11.0. The highest BCUT2D eigenvalue weighted by Crippen LogP contribution is 2.14. The van der Waals surface area contributed by atoms with E-state index in [2.05, 4.69) is 10.3 Å². The van der Waals surface area contributed by atoms with Crippen molar-refractivity contribution in [2.45, 2.75) is 27.7 Å². The molecule has 1 aromatic rings. The third kappa shape index (κ3) is 5.56. The van der Waals surface area contributed by atoms with Crippen LogP contribution in [-0.2, 0) is 0 Å². The molecule has 5 nitrogen and oxygen atoms in total. The number of aliphatic hydroxyl groups is 1. The number of hydrogen-bond acceptors (Lipinski definition) is 4. The molecule has 0 aliphatic carbocycles. The largest absolute Gasteiger partial charge is 0.512 e. The maximum Gasteiger partial charge on any atom is 0.337 e. The molecule has 1 heterocycles. The minimum atomic E-state index is -1.02. The van der Waals surface area contributed by atoms with Gasteiger partial charge in [-0.1, -0.05) is 26.0 Å². The van der Waals surface area contributed by atoms with Gasteiger partial charge < -0.3 is 15.5 Å². The third-order valence-electron chi connectivity index (χ3n) is 2.35. The number of pyridine rings is 1. The van der Waals surface area contributed by atoms with Gasteiger partial charge >= 0.3 is 5.97 Å². The number of aromatic carboxylic acids is 1. The van der Waals surface area contributed by atoms with Crippen molar-refractivity contribution in [1.29, 1.82) is 0 Å². The molecule has 0 bridgehead atoms. The van der Waals surface area contributed by atoms with Crippen molar-refractivity contribution in [2.75, 3.05) is 11.9 Å². The van der Waals surface area contributed by atoms with Crippen LogP contribution in [0.1, 0.15) is 38.1 Å². The second kappa shape index (κ2) is 9.61. The van der Waals surface area contributed by atoms with Crippen LogP contribution in [0, 0.1) is 0 Å². The average Bonchev–Trinajstić information content (AvgIpc) is 2.45. The van der Waals surface area contributed by atoms with Crippen LogP contribution in [0.15, 0.2) is 41.9 Å². The van der Waals surface area contributed by atoms with Gasteiger partial charge in [-0.3, -0.25) is 4.98 Å². The smallest absolute Gasteiger partial charge is 0.337 e. The highest BCUT2D eigenvalue weighted by atomic mass is 16.4. The Morgan fingerprint density at radius 3 is 2.55 bits per heavy atom. The Bertz CT molecular complexity index is 490. The zero-order valence-corrected chi connectivity index (χ0v) is 12.3.